The molecule has 0 amide bonds. The minimum atomic E-state index is -0.179. The van der Waals surface area contributed by atoms with E-state index in [9.17, 15) is 4.79 Å². The van der Waals surface area contributed by atoms with Gasteiger partial charge >= 0.3 is 0 Å². The van der Waals surface area contributed by atoms with E-state index in [-0.39, 0.29) is 15.8 Å². The van der Waals surface area contributed by atoms with Gasteiger partial charge in [0.05, 0.1) is 15.6 Å². The zero-order valence-electron chi connectivity index (χ0n) is 13.6. The zero-order chi connectivity index (χ0) is 17.8. The van der Waals surface area contributed by atoms with Gasteiger partial charge in [0.2, 0.25) is 0 Å². The van der Waals surface area contributed by atoms with Crippen LogP contribution < -0.4 is 9.47 Å². The van der Waals surface area contributed by atoms with Crippen LogP contribution in [0.4, 0.5) is 0 Å². The molecule has 0 saturated carbocycles. The number of rotatable bonds is 6. The van der Waals surface area contributed by atoms with Crippen LogP contribution in [0.3, 0.4) is 0 Å². The van der Waals surface area contributed by atoms with Gasteiger partial charge in [0.25, 0.3) is 0 Å². The van der Waals surface area contributed by atoms with Crippen LogP contribution in [-0.4, -0.2) is 19.0 Å². The van der Waals surface area contributed by atoms with Crippen molar-refractivity contribution >= 4 is 39.8 Å². The quantitative estimate of drug-likeness (QED) is 0.403. The number of benzene rings is 3. The molecular formula is C20H16Cl2O3. The Balaban J connectivity index is 1.58. The van der Waals surface area contributed by atoms with Crippen LogP contribution in [0.25, 0.3) is 10.8 Å². The number of fused-ring (bicyclic) bond motifs is 1. The number of ether oxygens (including phenoxy) is 2. The molecule has 0 bridgehead atoms. The van der Waals surface area contributed by atoms with Gasteiger partial charge < -0.3 is 9.47 Å². The van der Waals surface area contributed by atoms with Gasteiger partial charge in [0.15, 0.2) is 5.78 Å². The second-order valence-electron chi connectivity index (χ2n) is 5.52. The molecule has 0 spiro atoms. The van der Waals surface area contributed by atoms with Crippen molar-refractivity contribution in [3.8, 4) is 11.5 Å². The fourth-order valence-electron chi connectivity index (χ4n) is 2.55. The molecule has 0 aliphatic rings. The Bertz CT molecular complexity index is 899. The SMILES string of the molecule is CC(=O)c1c(Cl)cc(OCCOc2ccc3ccccc3c2)cc1Cl. The van der Waals surface area contributed by atoms with Crippen LogP contribution in [-0.2, 0) is 0 Å². The molecule has 3 rings (SSSR count). The lowest BCUT2D eigenvalue weighted by atomic mass is 10.1. The second kappa shape index (κ2) is 7.77. The lowest BCUT2D eigenvalue weighted by Gasteiger charge is -2.11. The first kappa shape index (κ1) is 17.6. The Morgan fingerprint density at radius 1 is 0.840 bits per heavy atom. The molecule has 0 N–H and O–H groups in total. The van der Waals surface area contributed by atoms with Crippen LogP contribution in [0, 0.1) is 0 Å². The van der Waals surface area contributed by atoms with Gasteiger partial charge in [-0.3, -0.25) is 4.79 Å². The van der Waals surface area contributed by atoms with E-state index in [0.717, 1.165) is 11.1 Å². The lowest BCUT2D eigenvalue weighted by molar-refractivity contribution is 0.101. The maximum absolute atomic E-state index is 11.5. The summed E-state index contributed by atoms with van der Waals surface area (Å²) >= 11 is 12.2. The van der Waals surface area contributed by atoms with Gasteiger partial charge in [-0.2, -0.15) is 0 Å². The molecule has 0 unspecified atom stereocenters. The Kier molecular flexibility index (Phi) is 5.47. The summed E-state index contributed by atoms with van der Waals surface area (Å²) in [6.07, 6.45) is 0. The van der Waals surface area contributed by atoms with E-state index < -0.39 is 0 Å². The summed E-state index contributed by atoms with van der Waals surface area (Å²) in [6, 6.07) is 17.2. The van der Waals surface area contributed by atoms with Gasteiger partial charge in [-0.1, -0.05) is 53.5 Å². The van der Waals surface area contributed by atoms with E-state index in [1.807, 2.05) is 36.4 Å². The number of Topliss-reactive ketones (excluding diaryl/α,β-unsaturated/α-hetero) is 1. The van der Waals surface area contributed by atoms with Gasteiger partial charge in [0.1, 0.15) is 24.7 Å². The number of halogens is 2. The van der Waals surface area contributed by atoms with Crippen molar-refractivity contribution in [3.63, 3.8) is 0 Å². The molecule has 5 heteroatoms. The first-order valence-corrected chi connectivity index (χ1v) is 8.54. The third kappa shape index (κ3) is 4.25. The Labute approximate surface area is 156 Å². The van der Waals surface area contributed by atoms with Crippen LogP contribution >= 0.6 is 23.2 Å². The Morgan fingerprint density at radius 2 is 1.44 bits per heavy atom. The summed E-state index contributed by atoms with van der Waals surface area (Å²) < 4.78 is 11.3. The average molecular weight is 375 g/mol. The highest BCUT2D eigenvalue weighted by Crippen LogP contribution is 2.30. The van der Waals surface area contributed by atoms with Gasteiger partial charge in [-0.25, -0.2) is 0 Å². The van der Waals surface area contributed by atoms with Crippen molar-refractivity contribution in [2.45, 2.75) is 6.92 Å². The highest BCUT2D eigenvalue weighted by molar-refractivity contribution is 6.39. The monoisotopic (exact) mass is 374 g/mol. The van der Waals surface area contributed by atoms with Crippen molar-refractivity contribution < 1.29 is 14.3 Å². The van der Waals surface area contributed by atoms with Crippen LogP contribution in [0.1, 0.15) is 17.3 Å². The number of carbonyl (C=O) groups excluding carboxylic acids is 1. The Morgan fingerprint density at radius 3 is 2.08 bits per heavy atom. The van der Waals surface area contributed by atoms with Crippen LogP contribution in [0.2, 0.25) is 10.0 Å². The molecule has 0 radical (unpaired) electrons. The molecule has 25 heavy (non-hydrogen) atoms. The summed E-state index contributed by atoms with van der Waals surface area (Å²) in [5.74, 6) is 1.11. The molecule has 3 nitrogen and oxygen atoms in total. The zero-order valence-corrected chi connectivity index (χ0v) is 15.1. The Hall–Kier alpha value is -2.23. The number of carbonyl (C=O) groups is 1. The maximum atomic E-state index is 11.5. The molecule has 128 valence electrons. The van der Waals surface area contributed by atoms with Gasteiger partial charge in [0, 0.05) is 0 Å². The van der Waals surface area contributed by atoms with E-state index in [1.54, 1.807) is 12.1 Å². The first-order chi connectivity index (χ1) is 12.0. The smallest absolute Gasteiger partial charge is 0.162 e. The predicted octanol–water partition coefficient (Wildman–Crippen LogP) is 5.81. The maximum Gasteiger partial charge on any atom is 0.162 e. The largest absolute Gasteiger partial charge is 0.490 e. The van der Waals surface area contributed by atoms with Crippen LogP contribution in [0.5, 0.6) is 11.5 Å². The summed E-state index contributed by atoms with van der Waals surface area (Å²) in [5, 5.41) is 2.86. The number of hydrogen-bond donors (Lipinski definition) is 0. The third-order valence-corrected chi connectivity index (χ3v) is 4.31. The third-order valence-electron chi connectivity index (χ3n) is 3.71. The summed E-state index contributed by atoms with van der Waals surface area (Å²) in [7, 11) is 0. The minimum absolute atomic E-state index is 0.179. The molecular weight excluding hydrogens is 359 g/mol. The second-order valence-corrected chi connectivity index (χ2v) is 6.34. The molecule has 0 aromatic heterocycles. The average Bonchev–Trinajstić information content (AvgIpc) is 2.57. The van der Waals surface area contributed by atoms with Crippen LogP contribution in [0.15, 0.2) is 54.6 Å². The van der Waals surface area contributed by atoms with Crippen molar-refractivity contribution in [2.75, 3.05) is 13.2 Å². The standard InChI is InChI=1S/C20H16Cl2O3/c1-13(23)20-18(21)11-17(12-19(20)22)25-9-8-24-16-7-6-14-4-2-3-5-15(14)10-16/h2-7,10-12H,8-9H2,1H3. The van der Waals surface area contributed by atoms with Crippen molar-refractivity contribution in [3.05, 3.63) is 70.2 Å². The van der Waals surface area contributed by atoms with Gasteiger partial charge in [-0.15, -0.1) is 0 Å². The summed E-state index contributed by atoms with van der Waals surface area (Å²) in [6.45, 7) is 2.13. The molecule has 3 aromatic rings. The predicted molar refractivity (Wildman–Crippen MR) is 101 cm³/mol. The summed E-state index contributed by atoms with van der Waals surface area (Å²) in [4.78, 5) is 11.5. The first-order valence-electron chi connectivity index (χ1n) is 7.79. The molecule has 0 atom stereocenters. The molecule has 0 fully saturated rings. The van der Waals surface area contributed by atoms with Crippen molar-refractivity contribution in [2.24, 2.45) is 0 Å². The lowest BCUT2D eigenvalue weighted by Crippen LogP contribution is -2.09. The van der Waals surface area contributed by atoms with Crippen molar-refractivity contribution in [1.82, 2.24) is 0 Å². The number of hydrogen-bond acceptors (Lipinski definition) is 3. The topological polar surface area (TPSA) is 35.5 Å². The highest BCUT2D eigenvalue weighted by atomic mass is 35.5. The molecule has 0 aliphatic carbocycles. The normalized spacial score (nSPS) is 10.7. The van der Waals surface area contributed by atoms with E-state index in [4.69, 9.17) is 32.7 Å². The molecule has 0 aliphatic heterocycles. The fraction of sp³-hybridized carbons (Fsp3) is 0.150. The van der Waals surface area contributed by atoms with Gasteiger partial charge in [-0.05, 0) is 42.0 Å². The summed E-state index contributed by atoms with van der Waals surface area (Å²) in [5.41, 5.74) is 0.308. The molecule has 0 heterocycles. The molecule has 3 aromatic carbocycles. The van der Waals surface area contributed by atoms with E-state index >= 15 is 0 Å². The van der Waals surface area contributed by atoms with E-state index in [1.165, 1.54) is 12.3 Å². The van der Waals surface area contributed by atoms with E-state index in [0.29, 0.717) is 24.5 Å². The van der Waals surface area contributed by atoms with E-state index in [2.05, 4.69) is 6.07 Å². The van der Waals surface area contributed by atoms with Crippen molar-refractivity contribution in [1.29, 1.82) is 0 Å². The highest BCUT2D eigenvalue weighted by Gasteiger charge is 2.13. The molecule has 0 saturated heterocycles. The minimum Gasteiger partial charge on any atom is -0.490 e. The fourth-order valence-corrected chi connectivity index (χ4v) is 3.28. The number of ketones is 1.